The molecule has 0 aliphatic rings. The second-order valence-electron chi connectivity index (χ2n) is 5.27. The van der Waals surface area contributed by atoms with Gasteiger partial charge in [-0.15, -0.1) is 0 Å². The molecule has 0 fully saturated rings. The number of hydrogen-bond acceptors (Lipinski definition) is 8. The van der Waals surface area contributed by atoms with Gasteiger partial charge in [0, 0.05) is 17.5 Å². The highest BCUT2D eigenvalue weighted by Gasteiger charge is 2.09. The van der Waals surface area contributed by atoms with Crippen molar-refractivity contribution in [3.8, 4) is 5.75 Å². The van der Waals surface area contributed by atoms with Crippen molar-refractivity contribution in [1.82, 2.24) is 30.1 Å². The number of H-pyrrole nitrogens is 1. The smallest absolute Gasteiger partial charge is 0.228 e. The Bertz CT molecular complexity index is 1050. The first kappa shape index (κ1) is 16.0. The monoisotopic (exact) mass is 368 g/mol. The lowest BCUT2D eigenvalue weighted by molar-refractivity contribution is 0.417. The third kappa shape index (κ3) is 3.33. The molecular formula is C16H13ClN8O. The van der Waals surface area contributed by atoms with E-state index >= 15 is 0 Å². The van der Waals surface area contributed by atoms with Crippen LogP contribution in [0.4, 0.5) is 23.3 Å². The fraction of sp³-hybridized carbons (Fsp3) is 0.0625. The van der Waals surface area contributed by atoms with E-state index < -0.39 is 0 Å². The van der Waals surface area contributed by atoms with Crippen molar-refractivity contribution in [1.29, 1.82) is 0 Å². The van der Waals surface area contributed by atoms with E-state index in [0.29, 0.717) is 28.4 Å². The molecule has 10 heteroatoms. The van der Waals surface area contributed by atoms with Crippen LogP contribution in [-0.4, -0.2) is 37.2 Å². The molecule has 0 saturated carbocycles. The second kappa shape index (κ2) is 6.81. The number of fused-ring (bicyclic) bond motifs is 1. The molecule has 3 heterocycles. The first-order valence-electron chi connectivity index (χ1n) is 7.56. The maximum atomic E-state index is 5.78. The summed E-state index contributed by atoms with van der Waals surface area (Å²) in [7, 11) is 1.60. The van der Waals surface area contributed by atoms with Gasteiger partial charge in [-0.25, -0.2) is 19.9 Å². The third-order valence-corrected chi connectivity index (χ3v) is 3.75. The minimum atomic E-state index is 0.386. The molecule has 0 unspecified atom stereocenters. The van der Waals surface area contributed by atoms with Gasteiger partial charge in [0.1, 0.15) is 23.7 Å². The predicted molar refractivity (Wildman–Crippen MR) is 98.3 cm³/mol. The number of nitrogens with one attached hydrogen (secondary N) is 3. The number of rotatable bonds is 5. The topological polar surface area (TPSA) is 114 Å². The molecule has 0 aliphatic carbocycles. The van der Waals surface area contributed by atoms with E-state index in [1.807, 2.05) is 12.1 Å². The van der Waals surface area contributed by atoms with Crippen LogP contribution in [0.2, 0.25) is 5.02 Å². The number of hydrogen-bond donors (Lipinski definition) is 3. The third-order valence-electron chi connectivity index (χ3n) is 3.55. The SMILES string of the molecule is COc1cc2[nH]ncc2cc1Nc1cc(Nc2ncc(Cl)cn2)ncn1. The molecule has 0 radical (unpaired) electrons. The van der Waals surface area contributed by atoms with E-state index in [1.54, 1.807) is 19.4 Å². The Morgan fingerprint density at radius 2 is 1.73 bits per heavy atom. The molecule has 9 nitrogen and oxygen atoms in total. The number of aromatic amines is 1. The van der Waals surface area contributed by atoms with Crippen molar-refractivity contribution in [3.63, 3.8) is 0 Å². The van der Waals surface area contributed by atoms with E-state index in [0.717, 1.165) is 16.6 Å². The normalized spacial score (nSPS) is 10.7. The molecule has 3 N–H and O–H groups in total. The number of anilines is 4. The van der Waals surface area contributed by atoms with Gasteiger partial charge in [0.05, 0.1) is 41.9 Å². The minimum Gasteiger partial charge on any atom is -0.494 e. The summed E-state index contributed by atoms with van der Waals surface area (Å²) in [5.74, 6) is 2.16. The number of benzene rings is 1. The molecule has 0 aliphatic heterocycles. The molecule has 3 aromatic heterocycles. The van der Waals surface area contributed by atoms with E-state index in [9.17, 15) is 0 Å². The molecule has 130 valence electrons. The minimum absolute atomic E-state index is 0.386. The Hall–Kier alpha value is -3.46. The Kier molecular flexibility index (Phi) is 4.20. The molecule has 1 aromatic carbocycles. The summed E-state index contributed by atoms with van der Waals surface area (Å²) >= 11 is 5.78. The van der Waals surface area contributed by atoms with Crippen molar-refractivity contribution < 1.29 is 4.74 Å². The second-order valence-corrected chi connectivity index (χ2v) is 5.71. The van der Waals surface area contributed by atoms with Crippen LogP contribution in [0.5, 0.6) is 5.75 Å². The Labute approximate surface area is 152 Å². The van der Waals surface area contributed by atoms with Gasteiger partial charge in [0.15, 0.2) is 0 Å². The Morgan fingerprint density at radius 3 is 2.50 bits per heavy atom. The van der Waals surface area contributed by atoms with Gasteiger partial charge >= 0.3 is 0 Å². The number of methoxy groups -OCH3 is 1. The summed E-state index contributed by atoms with van der Waals surface area (Å²) in [6, 6.07) is 5.53. The van der Waals surface area contributed by atoms with Crippen molar-refractivity contribution in [2.75, 3.05) is 17.7 Å². The molecule has 0 atom stereocenters. The van der Waals surface area contributed by atoms with Gasteiger partial charge in [-0.3, -0.25) is 5.10 Å². The van der Waals surface area contributed by atoms with Crippen LogP contribution in [0.15, 0.2) is 43.1 Å². The van der Waals surface area contributed by atoms with Crippen molar-refractivity contribution in [2.24, 2.45) is 0 Å². The lowest BCUT2D eigenvalue weighted by atomic mass is 10.2. The lowest BCUT2D eigenvalue weighted by Gasteiger charge is -2.11. The van der Waals surface area contributed by atoms with Crippen LogP contribution in [0.1, 0.15) is 0 Å². The summed E-state index contributed by atoms with van der Waals surface area (Å²) in [4.78, 5) is 16.5. The molecule has 4 aromatic rings. The number of aromatic nitrogens is 6. The Balaban J connectivity index is 1.59. The number of nitrogens with zero attached hydrogens (tertiary/aromatic N) is 5. The average molecular weight is 369 g/mol. The van der Waals surface area contributed by atoms with Crippen LogP contribution in [-0.2, 0) is 0 Å². The van der Waals surface area contributed by atoms with Crippen molar-refractivity contribution in [3.05, 3.63) is 48.1 Å². The average Bonchev–Trinajstić information content (AvgIpc) is 3.10. The zero-order valence-corrected chi connectivity index (χ0v) is 14.3. The van der Waals surface area contributed by atoms with Crippen LogP contribution >= 0.6 is 11.6 Å². The van der Waals surface area contributed by atoms with Crippen LogP contribution in [0, 0.1) is 0 Å². The van der Waals surface area contributed by atoms with Crippen LogP contribution < -0.4 is 15.4 Å². The Morgan fingerprint density at radius 1 is 0.962 bits per heavy atom. The van der Waals surface area contributed by atoms with Gasteiger partial charge in [-0.05, 0) is 6.07 Å². The van der Waals surface area contributed by atoms with Gasteiger partial charge in [-0.2, -0.15) is 5.10 Å². The number of halogens is 1. The van der Waals surface area contributed by atoms with Gasteiger partial charge in [-0.1, -0.05) is 11.6 Å². The first-order chi connectivity index (χ1) is 12.7. The zero-order valence-electron chi connectivity index (χ0n) is 13.6. The van der Waals surface area contributed by atoms with Crippen molar-refractivity contribution in [2.45, 2.75) is 0 Å². The highest BCUT2D eigenvalue weighted by Crippen LogP contribution is 2.31. The fourth-order valence-electron chi connectivity index (χ4n) is 2.36. The van der Waals surface area contributed by atoms with Gasteiger partial charge < -0.3 is 15.4 Å². The van der Waals surface area contributed by atoms with E-state index in [-0.39, 0.29) is 0 Å². The zero-order chi connectivity index (χ0) is 17.9. The number of ether oxygens (including phenoxy) is 1. The van der Waals surface area contributed by atoms with E-state index in [1.165, 1.54) is 18.7 Å². The summed E-state index contributed by atoms with van der Waals surface area (Å²) in [6.45, 7) is 0. The fourth-order valence-corrected chi connectivity index (χ4v) is 2.46. The summed E-state index contributed by atoms with van der Waals surface area (Å²) in [5, 5.41) is 14.6. The van der Waals surface area contributed by atoms with Crippen LogP contribution in [0.3, 0.4) is 0 Å². The van der Waals surface area contributed by atoms with Gasteiger partial charge in [0.25, 0.3) is 0 Å². The maximum absolute atomic E-state index is 5.78. The van der Waals surface area contributed by atoms with Crippen LogP contribution in [0.25, 0.3) is 10.9 Å². The quantitative estimate of drug-likeness (QED) is 0.491. The van der Waals surface area contributed by atoms with E-state index in [2.05, 4.69) is 40.8 Å². The molecule has 26 heavy (non-hydrogen) atoms. The lowest BCUT2D eigenvalue weighted by Crippen LogP contribution is -2.01. The van der Waals surface area contributed by atoms with Crippen molar-refractivity contribution >= 4 is 45.8 Å². The summed E-state index contributed by atoms with van der Waals surface area (Å²) in [5.41, 5.74) is 1.64. The highest BCUT2D eigenvalue weighted by molar-refractivity contribution is 6.30. The molecule has 0 amide bonds. The molecule has 0 saturated heterocycles. The predicted octanol–water partition coefficient (Wildman–Crippen LogP) is 3.29. The maximum Gasteiger partial charge on any atom is 0.228 e. The summed E-state index contributed by atoms with van der Waals surface area (Å²) in [6.07, 6.45) is 6.18. The molecule has 0 spiro atoms. The molecular weight excluding hydrogens is 356 g/mol. The molecule has 4 rings (SSSR count). The summed E-state index contributed by atoms with van der Waals surface area (Å²) < 4.78 is 5.43. The van der Waals surface area contributed by atoms with Gasteiger partial charge in [0.2, 0.25) is 5.95 Å². The highest BCUT2D eigenvalue weighted by atomic mass is 35.5. The largest absolute Gasteiger partial charge is 0.494 e. The van der Waals surface area contributed by atoms with E-state index in [4.69, 9.17) is 16.3 Å². The standard InChI is InChI=1S/C16H13ClN8O/c1-26-13-3-11-9(5-22-25-11)2-12(13)23-14-4-15(21-8-20-14)24-16-18-6-10(17)7-19-16/h2-8H,1H3,(H,22,25)(H2,18,19,20,21,23,24). The molecule has 0 bridgehead atoms. The first-order valence-corrected chi connectivity index (χ1v) is 7.94.